The summed E-state index contributed by atoms with van der Waals surface area (Å²) in [6.07, 6.45) is 4.43. The van der Waals surface area contributed by atoms with Crippen LogP contribution in [0.3, 0.4) is 0 Å². The first kappa shape index (κ1) is 4.62. The Balaban J connectivity index is 0.000000500. The molecular weight excluding hydrogens is 112 g/mol. The summed E-state index contributed by atoms with van der Waals surface area (Å²) < 4.78 is 4.84. The van der Waals surface area contributed by atoms with Gasteiger partial charge in [0.25, 0.3) is 0 Å². The molecule has 1 heterocycles. The third-order valence-corrected chi connectivity index (χ3v) is 1.32. The Hall–Kier alpha value is -1.24. The first-order valence-corrected chi connectivity index (χ1v) is 2.81. The lowest BCUT2D eigenvalue weighted by molar-refractivity contribution is 0.563. The zero-order chi connectivity index (χ0) is 6.10. The van der Waals surface area contributed by atoms with Crippen LogP contribution in [0.1, 0.15) is 1.43 Å². The first-order valence-electron chi connectivity index (χ1n) is 2.81. The van der Waals surface area contributed by atoms with Crippen LogP contribution in [0.25, 0.3) is 10.8 Å². The van der Waals surface area contributed by atoms with E-state index >= 15 is 0 Å². The maximum absolute atomic E-state index is 4.84. The molecule has 0 atom stereocenters. The lowest BCUT2D eigenvalue weighted by Crippen LogP contribution is -1.57. The number of benzene rings is 1. The van der Waals surface area contributed by atoms with Crippen molar-refractivity contribution in [2.45, 2.75) is 0 Å². The fourth-order valence-electron chi connectivity index (χ4n) is 0.849. The summed E-state index contributed by atoms with van der Waals surface area (Å²) in [6.45, 7) is 0. The van der Waals surface area contributed by atoms with Crippen LogP contribution in [0, 0.1) is 6.26 Å². The van der Waals surface area contributed by atoms with Crippen LogP contribution in [-0.4, -0.2) is 0 Å². The van der Waals surface area contributed by atoms with Crippen molar-refractivity contribution in [1.29, 1.82) is 0 Å². The number of rotatable bonds is 0. The second-order valence-corrected chi connectivity index (χ2v) is 1.93. The lowest BCUT2D eigenvalue weighted by Gasteiger charge is -1.79. The van der Waals surface area contributed by atoms with Crippen LogP contribution in [0.5, 0.6) is 0 Å². The summed E-state index contributed by atoms with van der Waals surface area (Å²) in [4.78, 5) is 0. The minimum absolute atomic E-state index is 0. The number of hydrogen-bond donors (Lipinski definition) is 0. The van der Waals surface area contributed by atoms with E-state index < -0.39 is 0 Å². The molecule has 0 N–H and O–H groups in total. The Morgan fingerprint density at radius 2 is 2.22 bits per heavy atom. The molecule has 1 aromatic heterocycles. The molecule has 0 aliphatic heterocycles. The van der Waals surface area contributed by atoms with Crippen LogP contribution in [0.15, 0.2) is 34.9 Å². The molecule has 1 radical (unpaired) electrons. The summed E-state index contributed by atoms with van der Waals surface area (Å²) in [7, 11) is 0. The third-order valence-electron chi connectivity index (χ3n) is 1.32. The molecule has 0 aliphatic rings. The van der Waals surface area contributed by atoms with Gasteiger partial charge in [-0.15, -0.1) is 0 Å². The van der Waals surface area contributed by atoms with E-state index in [1.54, 1.807) is 6.26 Å². The largest absolute Gasteiger partial charge is 1.00 e. The third kappa shape index (κ3) is 0.617. The highest BCUT2D eigenvalue weighted by molar-refractivity contribution is 5.80. The number of furan rings is 1. The molecule has 0 aliphatic carbocycles. The molecule has 0 saturated carbocycles. The van der Waals surface area contributed by atoms with Crippen molar-refractivity contribution in [3.8, 4) is 0 Å². The Kier molecular flexibility index (Phi) is 0.833. The molecule has 43 valence electrons. The van der Waals surface area contributed by atoms with Gasteiger partial charge in [-0.3, -0.25) is 0 Å². The van der Waals surface area contributed by atoms with Crippen LogP contribution in [0.4, 0.5) is 0 Å². The van der Waals surface area contributed by atoms with E-state index in [1.165, 1.54) is 0 Å². The van der Waals surface area contributed by atoms with Crippen LogP contribution in [-0.2, 0) is 0 Å². The lowest BCUT2D eigenvalue weighted by atomic mass is 10.2. The van der Waals surface area contributed by atoms with E-state index in [2.05, 4.69) is 6.26 Å². The van der Waals surface area contributed by atoms with Crippen molar-refractivity contribution < 1.29 is 5.84 Å². The molecule has 9 heavy (non-hydrogen) atoms. The zero-order valence-electron chi connectivity index (χ0n) is 5.79. The molecule has 0 fully saturated rings. The molecular formula is C8H6O+. The highest BCUT2D eigenvalue weighted by Gasteiger charge is 1.90. The average Bonchev–Trinajstić information content (AvgIpc) is 2.33. The Morgan fingerprint density at radius 3 is 3.11 bits per heavy atom. The molecule has 0 unspecified atom stereocenters. The first-order chi connectivity index (χ1) is 4.47. The smallest absolute Gasteiger partial charge is 0.460 e. The molecule has 2 rings (SSSR count). The number of fused-ring (bicyclic) bond motifs is 1. The van der Waals surface area contributed by atoms with Gasteiger partial charge in [0.2, 0.25) is 0 Å². The molecule has 2 aromatic rings. The van der Waals surface area contributed by atoms with Gasteiger partial charge < -0.3 is 4.42 Å². The average molecular weight is 118 g/mol. The van der Waals surface area contributed by atoms with Crippen molar-refractivity contribution >= 4 is 10.8 Å². The van der Waals surface area contributed by atoms with Gasteiger partial charge in [-0.25, -0.2) is 0 Å². The Labute approximate surface area is 54.4 Å². The summed E-state index contributed by atoms with van der Waals surface area (Å²) in [5, 5.41) is 2.15. The van der Waals surface area contributed by atoms with Crippen molar-refractivity contribution in [3.05, 3.63) is 36.8 Å². The Bertz CT molecular complexity index is 283. The second-order valence-electron chi connectivity index (χ2n) is 1.93. The SMILES string of the molecule is [H+].[c]1occ2ccccc12. The normalized spacial score (nSPS) is 10.2. The maximum atomic E-state index is 4.84. The van der Waals surface area contributed by atoms with E-state index in [-0.39, 0.29) is 1.43 Å². The van der Waals surface area contributed by atoms with Crippen LogP contribution >= 0.6 is 0 Å². The Morgan fingerprint density at radius 1 is 1.33 bits per heavy atom. The van der Waals surface area contributed by atoms with Gasteiger partial charge >= 0.3 is 1.43 Å². The highest BCUT2D eigenvalue weighted by atomic mass is 16.3. The molecule has 1 aromatic carbocycles. The van der Waals surface area contributed by atoms with Gasteiger partial charge in [0, 0.05) is 10.8 Å². The monoisotopic (exact) mass is 118 g/mol. The summed E-state index contributed by atoms with van der Waals surface area (Å²) in [6, 6.07) is 7.91. The van der Waals surface area contributed by atoms with E-state index in [0.29, 0.717) is 0 Å². The van der Waals surface area contributed by atoms with Crippen molar-refractivity contribution in [1.82, 2.24) is 0 Å². The second kappa shape index (κ2) is 1.62. The fraction of sp³-hybridized carbons (Fsp3) is 0. The quantitative estimate of drug-likeness (QED) is 0.517. The minimum atomic E-state index is 0. The van der Waals surface area contributed by atoms with Crippen molar-refractivity contribution in [2.75, 3.05) is 0 Å². The standard InChI is InChI=1S/C8H5O/c1-2-4-8-6-9-5-7(8)3-1/h1-5H/p+1. The van der Waals surface area contributed by atoms with Crippen LogP contribution < -0.4 is 0 Å². The zero-order valence-corrected chi connectivity index (χ0v) is 4.79. The van der Waals surface area contributed by atoms with E-state index in [4.69, 9.17) is 4.42 Å². The van der Waals surface area contributed by atoms with Gasteiger partial charge in [0.1, 0.15) is 0 Å². The van der Waals surface area contributed by atoms with Gasteiger partial charge in [0.05, 0.1) is 6.26 Å². The fourth-order valence-corrected chi connectivity index (χ4v) is 0.849. The molecule has 0 spiro atoms. The molecule has 0 saturated heterocycles. The molecule has 1 heteroatoms. The molecule has 1 nitrogen and oxygen atoms in total. The number of hydrogen-bond acceptors (Lipinski definition) is 1. The van der Waals surface area contributed by atoms with Gasteiger partial charge in [-0.05, 0) is 0 Å². The minimum Gasteiger partial charge on any atom is -0.460 e. The van der Waals surface area contributed by atoms with Gasteiger partial charge in [-0.2, -0.15) is 0 Å². The molecule has 0 amide bonds. The predicted octanol–water partition coefficient (Wildman–Crippen LogP) is 2.35. The highest BCUT2D eigenvalue weighted by Crippen LogP contribution is 2.12. The van der Waals surface area contributed by atoms with Crippen molar-refractivity contribution in [2.24, 2.45) is 0 Å². The summed E-state index contributed by atoms with van der Waals surface area (Å²) in [5.41, 5.74) is 0. The summed E-state index contributed by atoms with van der Waals surface area (Å²) >= 11 is 0. The van der Waals surface area contributed by atoms with Gasteiger partial charge in [-0.1, -0.05) is 24.3 Å². The van der Waals surface area contributed by atoms with E-state index in [0.717, 1.165) is 10.8 Å². The predicted molar refractivity (Wildman–Crippen MR) is 36.2 cm³/mol. The van der Waals surface area contributed by atoms with Crippen molar-refractivity contribution in [3.63, 3.8) is 0 Å². The topological polar surface area (TPSA) is 13.1 Å². The molecule has 0 bridgehead atoms. The van der Waals surface area contributed by atoms with Crippen LogP contribution in [0.2, 0.25) is 0 Å². The van der Waals surface area contributed by atoms with E-state index in [9.17, 15) is 0 Å². The van der Waals surface area contributed by atoms with Gasteiger partial charge in [0.15, 0.2) is 6.26 Å². The maximum Gasteiger partial charge on any atom is 1.00 e. The summed E-state index contributed by atoms with van der Waals surface area (Å²) in [5.74, 6) is 0. The van der Waals surface area contributed by atoms with E-state index in [1.807, 2.05) is 24.3 Å².